The lowest BCUT2D eigenvalue weighted by Crippen LogP contribution is -2.10. The third-order valence-electron chi connectivity index (χ3n) is 2.00. The maximum atomic E-state index is 8.75. The van der Waals surface area contributed by atoms with E-state index in [0.29, 0.717) is 11.5 Å². The molecule has 0 N–H and O–H groups in total. The first-order chi connectivity index (χ1) is 7.70. The van der Waals surface area contributed by atoms with Crippen LogP contribution in [0.15, 0.2) is 28.3 Å². The van der Waals surface area contributed by atoms with E-state index in [2.05, 4.69) is 25.9 Å². The molecule has 4 nitrogen and oxygen atoms in total. The molecule has 0 aromatic carbocycles. The lowest BCUT2D eigenvalue weighted by molar-refractivity contribution is 1.07. The lowest BCUT2D eigenvalue weighted by atomic mass is 10.4. The number of anilines is 2. The third-order valence-corrected chi connectivity index (χ3v) is 3.76. The average Bonchev–Trinajstić information content (AvgIpc) is 2.75. The Kier molecular flexibility index (Phi) is 3.17. The van der Waals surface area contributed by atoms with E-state index in [1.165, 1.54) is 6.33 Å². The highest BCUT2D eigenvalue weighted by Gasteiger charge is 2.08. The van der Waals surface area contributed by atoms with Crippen molar-refractivity contribution >= 4 is 38.1 Å². The predicted molar refractivity (Wildman–Crippen MR) is 66.8 cm³/mol. The summed E-state index contributed by atoms with van der Waals surface area (Å²) in [5, 5.41) is 11.8. The standard InChI is InChI=1S/C10H7BrN4S/c1-15(10-2-7(11)5-16-10)9-3-8(4-12)13-6-14-9/h2-3,5-6H,1H3. The van der Waals surface area contributed by atoms with Crippen molar-refractivity contribution in [3.05, 3.63) is 34.0 Å². The number of thiophene rings is 1. The number of aromatic nitrogens is 2. The summed E-state index contributed by atoms with van der Waals surface area (Å²) in [6.07, 6.45) is 1.40. The fourth-order valence-electron chi connectivity index (χ4n) is 1.18. The molecule has 0 unspecified atom stereocenters. The minimum atomic E-state index is 0.368. The zero-order valence-corrected chi connectivity index (χ0v) is 10.8. The van der Waals surface area contributed by atoms with E-state index in [4.69, 9.17) is 5.26 Å². The Morgan fingerprint density at radius 3 is 2.88 bits per heavy atom. The summed E-state index contributed by atoms with van der Waals surface area (Å²) in [6, 6.07) is 5.65. The Labute approximate surface area is 105 Å². The third kappa shape index (κ3) is 2.21. The van der Waals surface area contributed by atoms with E-state index < -0.39 is 0 Å². The van der Waals surface area contributed by atoms with Crippen LogP contribution < -0.4 is 4.90 Å². The van der Waals surface area contributed by atoms with Gasteiger partial charge in [0, 0.05) is 23.0 Å². The van der Waals surface area contributed by atoms with Crippen molar-refractivity contribution in [2.75, 3.05) is 11.9 Å². The molecule has 0 spiro atoms. The first kappa shape index (κ1) is 11.0. The molecule has 0 atom stereocenters. The molecule has 0 saturated heterocycles. The van der Waals surface area contributed by atoms with Crippen LogP contribution in [-0.4, -0.2) is 17.0 Å². The van der Waals surface area contributed by atoms with E-state index in [-0.39, 0.29) is 0 Å². The smallest absolute Gasteiger partial charge is 0.145 e. The van der Waals surface area contributed by atoms with Gasteiger partial charge in [0.25, 0.3) is 0 Å². The van der Waals surface area contributed by atoms with Crippen LogP contribution in [0.2, 0.25) is 0 Å². The van der Waals surface area contributed by atoms with Crippen LogP contribution >= 0.6 is 27.3 Å². The molecule has 6 heteroatoms. The van der Waals surface area contributed by atoms with Gasteiger partial charge in [-0.3, -0.25) is 0 Å². The molecular weight excluding hydrogens is 288 g/mol. The Balaban J connectivity index is 2.34. The van der Waals surface area contributed by atoms with E-state index in [1.54, 1.807) is 17.4 Å². The van der Waals surface area contributed by atoms with E-state index in [1.807, 2.05) is 29.5 Å². The van der Waals surface area contributed by atoms with Crippen molar-refractivity contribution in [2.45, 2.75) is 0 Å². The Hall–Kier alpha value is -1.45. The van der Waals surface area contributed by atoms with Gasteiger partial charge in [-0.05, 0) is 22.0 Å². The van der Waals surface area contributed by atoms with Gasteiger partial charge in [0.2, 0.25) is 0 Å². The molecule has 80 valence electrons. The zero-order valence-electron chi connectivity index (χ0n) is 8.38. The van der Waals surface area contributed by atoms with Crippen molar-refractivity contribution in [3.63, 3.8) is 0 Å². The van der Waals surface area contributed by atoms with Crippen LogP contribution in [0.4, 0.5) is 10.8 Å². The minimum Gasteiger partial charge on any atom is -0.321 e. The number of halogens is 1. The molecule has 2 aromatic rings. The van der Waals surface area contributed by atoms with Gasteiger partial charge in [-0.15, -0.1) is 11.3 Å². The topological polar surface area (TPSA) is 52.8 Å². The Morgan fingerprint density at radius 2 is 2.25 bits per heavy atom. The van der Waals surface area contributed by atoms with Gasteiger partial charge in [-0.25, -0.2) is 9.97 Å². The van der Waals surface area contributed by atoms with Crippen LogP contribution in [0.25, 0.3) is 0 Å². The fraction of sp³-hybridized carbons (Fsp3) is 0.100. The average molecular weight is 295 g/mol. The van der Waals surface area contributed by atoms with Gasteiger partial charge in [-0.1, -0.05) is 0 Å². The second kappa shape index (κ2) is 4.60. The number of nitriles is 1. The monoisotopic (exact) mass is 294 g/mol. The molecular formula is C10H7BrN4S. The summed E-state index contributed by atoms with van der Waals surface area (Å²) >= 11 is 5.00. The number of rotatable bonds is 2. The van der Waals surface area contributed by atoms with Gasteiger partial charge in [0.05, 0.1) is 5.00 Å². The molecule has 2 heterocycles. The first-order valence-electron chi connectivity index (χ1n) is 4.40. The summed E-state index contributed by atoms with van der Waals surface area (Å²) in [5.41, 5.74) is 0.368. The fourth-order valence-corrected chi connectivity index (χ4v) is 2.58. The predicted octanol–water partition coefficient (Wildman–Crippen LogP) is 2.94. The second-order valence-electron chi connectivity index (χ2n) is 3.04. The van der Waals surface area contributed by atoms with Crippen molar-refractivity contribution in [1.29, 1.82) is 5.26 Å². The molecule has 2 rings (SSSR count). The van der Waals surface area contributed by atoms with E-state index >= 15 is 0 Å². The van der Waals surface area contributed by atoms with Crippen molar-refractivity contribution in [3.8, 4) is 6.07 Å². The molecule has 0 fully saturated rings. The van der Waals surface area contributed by atoms with Crippen molar-refractivity contribution in [1.82, 2.24) is 9.97 Å². The molecule has 2 aromatic heterocycles. The molecule has 0 aliphatic rings. The Morgan fingerprint density at radius 1 is 1.44 bits per heavy atom. The van der Waals surface area contributed by atoms with Crippen LogP contribution in [-0.2, 0) is 0 Å². The number of hydrogen-bond donors (Lipinski definition) is 0. The highest BCUT2D eigenvalue weighted by molar-refractivity contribution is 9.10. The lowest BCUT2D eigenvalue weighted by Gasteiger charge is -2.15. The van der Waals surface area contributed by atoms with Gasteiger partial charge < -0.3 is 4.90 Å². The SMILES string of the molecule is CN(c1cc(C#N)ncn1)c1cc(Br)cs1. The maximum Gasteiger partial charge on any atom is 0.145 e. The van der Waals surface area contributed by atoms with Crippen molar-refractivity contribution in [2.24, 2.45) is 0 Å². The minimum absolute atomic E-state index is 0.368. The molecule has 16 heavy (non-hydrogen) atoms. The van der Waals surface area contributed by atoms with Crippen molar-refractivity contribution < 1.29 is 0 Å². The number of hydrogen-bond acceptors (Lipinski definition) is 5. The molecule has 0 saturated carbocycles. The Bertz CT molecular complexity index is 546. The summed E-state index contributed by atoms with van der Waals surface area (Å²) < 4.78 is 1.04. The molecule has 0 aliphatic heterocycles. The van der Waals surface area contributed by atoms with Crippen LogP contribution in [0, 0.1) is 11.3 Å². The normalized spacial score (nSPS) is 9.81. The molecule has 0 aliphatic carbocycles. The molecule has 0 radical (unpaired) electrons. The van der Waals surface area contributed by atoms with Crippen LogP contribution in [0.3, 0.4) is 0 Å². The van der Waals surface area contributed by atoms with E-state index in [9.17, 15) is 0 Å². The summed E-state index contributed by atoms with van der Waals surface area (Å²) in [4.78, 5) is 9.88. The first-order valence-corrected chi connectivity index (χ1v) is 6.08. The van der Waals surface area contributed by atoms with E-state index in [0.717, 1.165) is 9.47 Å². The maximum absolute atomic E-state index is 8.75. The zero-order chi connectivity index (χ0) is 11.5. The summed E-state index contributed by atoms with van der Waals surface area (Å²) in [6.45, 7) is 0. The molecule has 0 bridgehead atoms. The van der Waals surface area contributed by atoms with Crippen LogP contribution in [0.5, 0.6) is 0 Å². The largest absolute Gasteiger partial charge is 0.321 e. The highest BCUT2D eigenvalue weighted by Crippen LogP contribution is 2.31. The van der Waals surface area contributed by atoms with Crippen LogP contribution in [0.1, 0.15) is 5.69 Å². The quantitative estimate of drug-likeness (QED) is 0.854. The summed E-state index contributed by atoms with van der Waals surface area (Å²) in [7, 11) is 1.90. The van der Waals surface area contributed by atoms with Gasteiger partial charge in [0.15, 0.2) is 0 Å². The second-order valence-corrected chi connectivity index (χ2v) is 4.84. The molecule has 0 amide bonds. The highest BCUT2D eigenvalue weighted by atomic mass is 79.9. The van der Waals surface area contributed by atoms with Gasteiger partial charge >= 0.3 is 0 Å². The van der Waals surface area contributed by atoms with Gasteiger partial charge in [0.1, 0.15) is 23.9 Å². The summed E-state index contributed by atoms with van der Waals surface area (Å²) in [5.74, 6) is 0.709. The van der Waals surface area contributed by atoms with Gasteiger partial charge in [-0.2, -0.15) is 5.26 Å². The number of nitrogens with zero attached hydrogens (tertiary/aromatic N) is 4.